The van der Waals surface area contributed by atoms with E-state index in [0.717, 1.165) is 17.7 Å². The Hall–Kier alpha value is -2.20. The molecule has 1 aliphatic rings. The molecular weight excluding hydrogens is 382 g/mol. The molecule has 1 saturated heterocycles. The molecule has 9 nitrogen and oxygen atoms in total. The molecule has 28 heavy (non-hydrogen) atoms. The quantitative estimate of drug-likeness (QED) is 0.795. The second kappa shape index (κ2) is 7.67. The smallest absolute Gasteiger partial charge is 0.261 e. The Balaban J connectivity index is 1.81. The summed E-state index contributed by atoms with van der Waals surface area (Å²) in [5.41, 5.74) is 0.509. The van der Waals surface area contributed by atoms with Gasteiger partial charge in [-0.25, -0.2) is 8.42 Å². The molecule has 0 bridgehead atoms. The maximum atomic E-state index is 13.0. The van der Waals surface area contributed by atoms with Crippen LogP contribution < -0.4 is 10.2 Å². The van der Waals surface area contributed by atoms with Crippen LogP contribution in [0, 0.1) is 5.92 Å². The van der Waals surface area contributed by atoms with E-state index in [2.05, 4.69) is 22.6 Å². The van der Waals surface area contributed by atoms with Gasteiger partial charge in [-0.05, 0) is 62.9 Å². The Labute approximate surface area is 165 Å². The van der Waals surface area contributed by atoms with Gasteiger partial charge in [0, 0.05) is 18.6 Å². The number of carbonyl (C=O) groups is 1. The van der Waals surface area contributed by atoms with Gasteiger partial charge in [0.05, 0.1) is 4.90 Å². The number of amides is 1. The van der Waals surface area contributed by atoms with Crippen molar-refractivity contribution in [1.82, 2.24) is 24.8 Å². The molecule has 0 saturated carbocycles. The summed E-state index contributed by atoms with van der Waals surface area (Å²) in [7, 11) is -3.61. The van der Waals surface area contributed by atoms with Crippen molar-refractivity contribution >= 4 is 27.0 Å². The molecule has 1 aromatic heterocycles. The van der Waals surface area contributed by atoms with Crippen LogP contribution in [-0.2, 0) is 14.8 Å². The summed E-state index contributed by atoms with van der Waals surface area (Å²) in [6.45, 7) is 8.45. The van der Waals surface area contributed by atoms with Crippen molar-refractivity contribution in [1.29, 1.82) is 0 Å². The third-order valence-corrected chi connectivity index (χ3v) is 6.34. The van der Waals surface area contributed by atoms with Crippen LogP contribution in [0.25, 0.3) is 11.0 Å². The van der Waals surface area contributed by atoms with Gasteiger partial charge in [-0.15, -0.1) is 5.10 Å². The second-order valence-electron chi connectivity index (χ2n) is 8.29. The Bertz CT molecular complexity index is 964. The van der Waals surface area contributed by atoms with E-state index >= 15 is 0 Å². The molecule has 1 fully saturated rings. The molecule has 1 atom stereocenters. The van der Waals surface area contributed by atoms with Crippen molar-refractivity contribution in [2.75, 3.05) is 19.7 Å². The van der Waals surface area contributed by atoms with Gasteiger partial charge in [-0.1, -0.05) is 11.8 Å². The highest BCUT2D eigenvalue weighted by molar-refractivity contribution is 7.89. The highest BCUT2D eigenvalue weighted by atomic mass is 32.2. The number of aromatic nitrogens is 3. The van der Waals surface area contributed by atoms with Crippen molar-refractivity contribution in [2.45, 2.75) is 51.0 Å². The van der Waals surface area contributed by atoms with Crippen molar-refractivity contribution in [2.24, 2.45) is 5.92 Å². The minimum absolute atomic E-state index is 0.167. The van der Waals surface area contributed by atoms with Crippen LogP contribution in [0.3, 0.4) is 0 Å². The minimum atomic E-state index is -3.61. The van der Waals surface area contributed by atoms with E-state index < -0.39 is 10.0 Å². The number of piperidine rings is 1. The number of hydrogen-bond donors (Lipinski definition) is 1. The van der Waals surface area contributed by atoms with E-state index in [9.17, 15) is 13.2 Å². The molecule has 10 heteroatoms. The molecule has 1 unspecified atom stereocenters. The van der Waals surface area contributed by atoms with E-state index in [1.165, 1.54) is 16.4 Å². The lowest BCUT2D eigenvalue weighted by Gasteiger charge is -2.30. The van der Waals surface area contributed by atoms with Crippen LogP contribution >= 0.6 is 0 Å². The zero-order valence-electron chi connectivity index (χ0n) is 16.7. The van der Waals surface area contributed by atoms with Gasteiger partial charge in [0.1, 0.15) is 11.0 Å². The van der Waals surface area contributed by atoms with Crippen LogP contribution in [-0.4, -0.2) is 59.0 Å². The van der Waals surface area contributed by atoms with Gasteiger partial charge in [0.2, 0.25) is 10.0 Å². The van der Waals surface area contributed by atoms with Crippen molar-refractivity contribution in [3.63, 3.8) is 0 Å². The maximum Gasteiger partial charge on any atom is 0.261 e. The van der Waals surface area contributed by atoms with Crippen molar-refractivity contribution in [3.8, 4) is 0 Å². The van der Waals surface area contributed by atoms with Gasteiger partial charge < -0.3 is 10.2 Å². The zero-order valence-corrected chi connectivity index (χ0v) is 17.5. The number of nitrogens with zero attached hydrogens (tertiary/aromatic N) is 4. The molecule has 0 spiro atoms. The summed E-state index contributed by atoms with van der Waals surface area (Å²) < 4.78 is 27.5. The first-order valence-electron chi connectivity index (χ1n) is 9.36. The summed E-state index contributed by atoms with van der Waals surface area (Å²) in [5, 5.41) is 10.6. The highest BCUT2D eigenvalue weighted by Gasteiger charge is 2.29. The van der Waals surface area contributed by atoms with E-state index in [1.807, 2.05) is 20.8 Å². The predicted molar refractivity (Wildman–Crippen MR) is 104 cm³/mol. The SMILES string of the molecule is CC1CCCN(S(=O)(=O)c2ccc3nnn(OCC(=O)NC(C)(C)C)c3c2)C1. The van der Waals surface area contributed by atoms with Gasteiger partial charge in [0.15, 0.2) is 6.61 Å². The Kier molecular flexibility index (Phi) is 5.62. The Morgan fingerprint density at radius 3 is 2.79 bits per heavy atom. The van der Waals surface area contributed by atoms with Crippen molar-refractivity contribution < 1.29 is 18.0 Å². The fraction of sp³-hybridized carbons (Fsp3) is 0.611. The topological polar surface area (TPSA) is 106 Å². The molecule has 154 valence electrons. The number of benzene rings is 1. The maximum absolute atomic E-state index is 13.0. The lowest BCUT2D eigenvalue weighted by atomic mass is 10.0. The van der Waals surface area contributed by atoms with E-state index in [-0.39, 0.29) is 22.9 Å². The normalized spacial score (nSPS) is 18.9. The number of carbonyl (C=O) groups excluding carboxylic acids is 1. The average molecular weight is 410 g/mol. The molecular formula is C18H27N5O4S. The third kappa shape index (κ3) is 4.61. The third-order valence-electron chi connectivity index (χ3n) is 4.48. The number of sulfonamides is 1. The average Bonchev–Trinajstić information content (AvgIpc) is 3.01. The first kappa shape index (κ1) is 20.5. The molecule has 1 aromatic carbocycles. The number of rotatable bonds is 5. The minimum Gasteiger partial charge on any atom is -0.385 e. The van der Waals surface area contributed by atoms with E-state index in [4.69, 9.17) is 4.84 Å². The highest BCUT2D eigenvalue weighted by Crippen LogP contribution is 2.25. The summed E-state index contributed by atoms with van der Waals surface area (Å²) in [6.07, 6.45) is 1.89. The summed E-state index contributed by atoms with van der Waals surface area (Å²) >= 11 is 0. The first-order chi connectivity index (χ1) is 13.1. The van der Waals surface area contributed by atoms with E-state index in [0.29, 0.717) is 30.0 Å². The molecule has 2 aromatic rings. The molecule has 1 amide bonds. The summed E-state index contributed by atoms with van der Waals surface area (Å²) in [5.74, 6) is 0.0337. The van der Waals surface area contributed by atoms with Crippen LogP contribution in [0.4, 0.5) is 0 Å². The molecule has 0 radical (unpaired) electrons. The summed E-state index contributed by atoms with van der Waals surface area (Å²) in [4.78, 5) is 18.6. The summed E-state index contributed by atoms with van der Waals surface area (Å²) in [6, 6.07) is 4.62. The van der Waals surface area contributed by atoms with Gasteiger partial charge in [0.25, 0.3) is 5.91 Å². The van der Waals surface area contributed by atoms with Crippen molar-refractivity contribution in [3.05, 3.63) is 18.2 Å². The van der Waals surface area contributed by atoms with Crippen LogP contribution in [0.2, 0.25) is 0 Å². The number of nitrogens with one attached hydrogen (secondary N) is 1. The monoisotopic (exact) mass is 409 g/mol. The number of fused-ring (bicyclic) bond motifs is 1. The van der Waals surface area contributed by atoms with Gasteiger partial charge in [-0.3, -0.25) is 4.79 Å². The zero-order chi connectivity index (χ0) is 20.5. The standard InChI is InChI=1S/C18H27N5O4S/c1-13-6-5-9-22(11-13)28(25,26)14-7-8-15-16(10-14)23(21-20-15)27-12-17(24)19-18(2,3)4/h7-8,10,13H,5-6,9,11-12H2,1-4H3,(H,19,24). The van der Waals surface area contributed by atoms with E-state index in [1.54, 1.807) is 6.07 Å². The fourth-order valence-electron chi connectivity index (χ4n) is 3.22. The van der Waals surface area contributed by atoms with Gasteiger partial charge >= 0.3 is 0 Å². The predicted octanol–water partition coefficient (Wildman–Crippen LogP) is 1.20. The van der Waals surface area contributed by atoms with Crippen LogP contribution in [0.5, 0.6) is 0 Å². The number of hydrogen-bond acceptors (Lipinski definition) is 6. The van der Waals surface area contributed by atoms with Crippen LogP contribution in [0.1, 0.15) is 40.5 Å². The Morgan fingerprint density at radius 1 is 1.36 bits per heavy atom. The molecule has 3 rings (SSSR count). The second-order valence-corrected chi connectivity index (χ2v) is 10.2. The molecule has 1 N–H and O–H groups in total. The lowest BCUT2D eigenvalue weighted by Crippen LogP contribution is -2.44. The largest absolute Gasteiger partial charge is 0.385 e. The van der Waals surface area contributed by atoms with Crippen LogP contribution in [0.15, 0.2) is 23.1 Å². The lowest BCUT2D eigenvalue weighted by molar-refractivity contribution is -0.127. The fourth-order valence-corrected chi connectivity index (χ4v) is 4.84. The molecule has 2 heterocycles. The Morgan fingerprint density at radius 2 is 2.11 bits per heavy atom. The van der Waals surface area contributed by atoms with Gasteiger partial charge in [-0.2, -0.15) is 4.31 Å². The molecule has 1 aliphatic heterocycles. The molecule has 0 aliphatic carbocycles. The first-order valence-corrected chi connectivity index (χ1v) is 10.8.